The second-order valence-electron chi connectivity index (χ2n) is 4.92. The average molecular weight is 446 g/mol. The summed E-state index contributed by atoms with van der Waals surface area (Å²) in [6.45, 7) is 4.00. The van der Waals surface area contributed by atoms with Crippen molar-refractivity contribution in [2.75, 3.05) is 0 Å². The lowest BCUT2D eigenvalue weighted by Crippen LogP contribution is -2.04. The van der Waals surface area contributed by atoms with Crippen LogP contribution in [0.3, 0.4) is 0 Å². The minimum atomic E-state index is -0.144. The molecule has 3 aromatic rings. The SMILES string of the molecule is Cc1nn(PI)c2ccc(OC(C)c3ccncc3Cl)cc12. The van der Waals surface area contributed by atoms with Gasteiger partial charge in [-0.25, -0.2) is 4.45 Å². The van der Waals surface area contributed by atoms with Crippen LogP contribution < -0.4 is 4.74 Å². The normalized spacial score (nSPS) is 13.1. The van der Waals surface area contributed by atoms with Crippen LogP contribution >= 0.6 is 40.0 Å². The van der Waals surface area contributed by atoms with E-state index in [1.54, 1.807) is 12.4 Å². The highest BCUT2D eigenvalue weighted by molar-refractivity contribution is 14.2. The molecule has 2 heterocycles. The molecule has 1 aromatic carbocycles. The van der Waals surface area contributed by atoms with Crippen molar-refractivity contribution in [1.82, 2.24) is 14.5 Å². The van der Waals surface area contributed by atoms with Crippen molar-refractivity contribution < 1.29 is 4.74 Å². The number of benzene rings is 1. The highest BCUT2D eigenvalue weighted by atomic mass is 127. The Kier molecular flexibility index (Phi) is 4.85. The van der Waals surface area contributed by atoms with E-state index in [2.05, 4.69) is 38.2 Å². The van der Waals surface area contributed by atoms with Crippen molar-refractivity contribution in [1.29, 1.82) is 0 Å². The van der Waals surface area contributed by atoms with Gasteiger partial charge in [0.15, 0.2) is 0 Å². The maximum Gasteiger partial charge on any atom is 0.122 e. The third-order valence-electron chi connectivity index (χ3n) is 3.47. The first-order valence-electron chi connectivity index (χ1n) is 6.72. The van der Waals surface area contributed by atoms with E-state index >= 15 is 0 Å². The zero-order valence-electron chi connectivity index (χ0n) is 12.0. The van der Waals surface area contributed by atoms with E-state index < -0.39 is 0 Å². The Morgan fingerprint density at radius 2 is 2.18 bits per heavy atom. The van der Waals surface area contributed by atoms with Gasteiger partial charge >= 0.3 is 0 Å². The van der Waals surface area contributed by atoms with Crippen molar-refractivity contribution in [2.24, 2.45) is 0 Å². The van der Waals surface area contributed by atoms with Crippen LogP contribution in [0.25, 0.3) is 10.9 Å². The van der Waals surface area contributed by atoms with Crippen LogP contribution in [0.5, 0.6) is 5.75 Å². The van der Waals surface area contributed by atoms with Crippen LogP contribution in [-0.4, -0.2) is 14.5 Å². The summed E-state index contributed by atoms with van der Waals surface area (Å²) in [4.78, 5) is 4.00. The summed E-state index contributed by atoms with van der Waals surface area (Å²) in [5, 5.41) is 6.27. The average Bonchev–Trinajstić information content (AvgIpc) is 2.84. The molecular weight excluding hydrogens is 432 g/mol. The standard InChI is InChI=1S/C15H14ClIN3OP/c1-9-13-7-11(3-4-15(13)20(19-9)22-17)21-10(2)12-5-6-18-8-14(12)16/h3-8,10,22H,1-2H3. The second-order valence-corrected chi connectivity index (χ2v) is 7.37. The van der Waals surface area contributed by atoms with Crippen molar-refractivity contribution >= 4 is 50.9 Å². The molecule has 2 aromatic heterocycles. The van der Waals surface area contributed by atoms with E-state index in [9.17, 15) is 0 Å². The number of aryl methyl sites for hydroxylation is 1. The molecule has 3 rings (SSSR count). The van der Waals surface area contributed by atoms with Gasteiger partial charge in [-0.15, -0.1) is 0 Å². The fourth-order valence-corrected chi connectivity index (χ4v) is 4.22. The van der Waals surface area contributed by atoms with Crippen LogP contribution in [-0.2, 0) is 0 Å². The molecule has 0 fully saturated rings. The molecule has 7 heteroatoms. The third kappa shape index (κ3) is 3.07. The van der Waals surface area contributed by atoms with Gasteiger partial charge in [-0.3, -0.25) is 4.98 Å². The maximum atomic E-state index is 6.17. The lowest BCUT2D eigenvalue weighted by molar-refractivity contribution is 0.227. The summed E-state index contributed by atoms with van der Waals surface area (Å²) >= 11 is 8.50. The molecule has 0 spiro atoms. The van der Waals surface area contributed by atoms with Gasteiger partial charge in [-0.05, 0) is 60.2 Å². The molecule has 0 amide bonds. The highest BCUT2D eigenvalue weighted by Gasteiger charge is 2.13. The first-order valence-corrected chi connectivity index (χ1v) is 11.2. The Bertz CT molecular complexity index is 824. The van der Waals surface area contributed by atoms with Gasteiger partial charge in [-0.2, -0.15) is 5.10 Å². The van der Waals surface area contributed by atoms with E-state index in [0.29, 0.717) is 11.4 Å². The van der Waals surface area contributed by atoms with Gasteiger partial charge in [0.05, 0.1) is 22.6 Å². The van der Waals surface area contributed by atoms with Crippen LogP contribution in [0.4, 0.5) is 0 Å². The second kappa shape index (κ2) is 6.69. The molecule has 0 aliphatic rings. The van der Waals surface area contributed by atoms with Crippen molar-refractivity contribution in [3.05, 3.63) is 52.9 Å². The van der Waals surface area contributed by atoms with Crippen LogP contribution in [0.2, 0.25) is 5.02 Å². The van der Waals surface area contributed by atoms with E-state index in [0.717, 1.165) is 27.9 Å². The molecule has 0 N–H and O–H groups in total. The smallest absolute Gasteiger partial charge is 0.122 e. The highest BCUT2D eigenvalue weighted by Crippen LogP contribution is 2.33. The molecule has 0 aliphatic heterocycles. The molecule has 4 nitrogen and oxygen atoms in total. The molecule has 0 saturated heterocycles. The van der Waals surface area contributed by atoms with E-state index in [1.807, 2.05) is 36.5 Å². The molecule has 114 valence electrons. The van der Waals surface area contributed by atoms with Crippen molar-refractivity contribution in [3.8, 4) is 5.75 Å². The van der Waals surface area contributed by atoms with Crippen molar-refractivity contribution in [2.45, 2.75) is 20.0 Å². The zero-order valence-corrected chi connectivity index (χ0v) is 16.0. The van der Waals surface area contributed by atoms with Gasteiger partial charge in [0.1, 0.15) is 11.9 Å². The van der Waals surface area contributed by atoms with Gasteiger partial charge in [0, 0.05) is 23.3 Å². The predicted molar refractivity (Wildman–Crippen MR) is 100 cm³/mol. The molecule has 0 bridgehead atoms. The van der Waals surface area contributed by atoms with Gasteiger partial charge < -0.3 is 4.74 Å². The minimum absolute atomic E-state index is 0.144. The first-order chi connectivity index (χ1) is 10.6. The largest absolute Gasteiger partial charge is 0.486 e. The number of hydrogen-bond donors (Lipinski definition) is 0. The van der Waals surface area contributed by atoms with Gasteiger partial charge in [-0.1, -0.05) is 11.6 Å². The summed E-state index contributed by atoms with van der Waals surface area (Å²) in [7, 11) is 0. The number of pyridine rings is 1. The Balaban J connectivity index is 1.91. The molecule has 0 radical (unpaired) electrons. The van der Waals surface area contributed by atoms with Crippen LogP contribution in [0.1, 0.15) is 24.3 Å². The van der Waals surface area contributed by atoms with E-state index in [4.69, 9.17) is 16.3 Å². The number of rotatable bonds is 4. The summed E-state index contributed by atoms with van der Waals surface area (Å²) in [5.74, 6) is 0.812. The number of halogens is 2. The van der Waals surface area contributed by atoms with Crippen LogP contribution in [0.15, 0.2) is 36.7 Å². The molecular formula is C15H14ClIN3OP. The monoisotopic (exact) mass is 445 g/mol. The summed E-state index contributed by atoms with van der Waals surface area (Å²) in [6, 6.07) is 7.95. The summed E-state index contributed by atoms with van der Waals surface area (Å²) in [6.07, 6.45) is 3.80. The molecule has 22 heavy (non-hydrogen) atoms. The van der Waals surface area contributed by atoms with Crippen LogP contribution in [0, 0.1) is 6.92 Å². The Morgan fingerprint density at radius 3 is 2.91 bits per heavy atom. The zero-order chi connectivity index (χ0) is 15.7. The van der Waals surface area contributed by atoms with E-state index in [1.165, 1.54) is 0 Å². The van der Waals surface area contributed by atoms with Gasteiger partial charge in [0.2, 0.25) is 0 Å². The van der Waals surface area contributed by atoms with Gasteiger partial charge in [0.25, 0.3) is 0 Å². The third-order valence-corrected chi connectivity index (χ3v) is 5.66. The number of aromatic nitrogens is 3. The number of ether oxygens (including phenoxy) is 1. The number of hydrogen-bond acceptors (Lipinski definition) is 3. The van der Waals surface area contributed by atoms with Crippen molar-refractivity contribution in [3.63, 3.8) is 0 Å². The molecule has 0 saturated carbocycles. The summed E-state index contributed by atoms with van der Waals surface area (Å²) in [5.41, 5.74) is 3.07. The first kappa shape index (κ1) is 16.0. The summed E-state index contributed by atoms with van der Waals surface area (Å²) < 4.78 is 8.05. The lowest BCUT2D eigenvalue weighted by Gasteiger charge is -2.16. The fraction of sp³-hybridized carbons (Fsp3) is 0.200. The molecule has 0 aliphatic carbocycles. The topological polar surface area (TPSA) is 39.9 Å². The maximum absolute atomic E-state index is 6.17. The predicted octanol–water partition coefficient (Wildman–Crippen LogP) is 5.32. The number of fused-ring (bicyclic) bond motifs is 1. The fourth-order valence-electron chi connectivity index (χ4n) is 2.37. The number of nitrogens with zero attached hydrogens (tertiary/aromatic N) is 3. The quantitative estimate of drug-likeness (QED) is 0.403. The van der Waals surface area contributed by atoms with E-state index in [-0.39, 0.29) is 6.10 Å². The Hall–Kier alpha value is -0.910. The molecule has 2 atom stereocenters. The Labute approximate surface area is 148 Å². The minimum Gasteiger partial charge on any atom is -0.486 e. The lowest BCUT2D eigenvalue weighted by atomic mass is 10.1. The molecule has 2 unspecified atom stereocenters. The Morgan fingerprint density at radius 1 is 1.36 bits per heavy atom.